The lowest BCUT2D eigenvalue weighted by Gasteiger charge is -2.09. The Hall–Kier alpha value is -0.163. The molecule has 0 saturated carbocycles. The van der Waals surface area contributed by atoms with Gasteiger partial charge in [0, 0.05) is 0 Å². The summed E-state index contributed by atoms with van der Waals surface area (Å²) in [7, 11) is -1.43. The zero-order valence-electron chi connectivity index (χ0n) is 5.45. The SMILES string of the molecule is C[Si](C)OC(=O)C(F)(F)Cl. The maximum Gasteiger partial charge on any atom is 0.416 e. The molecular weight excluding hydrogens is 182 g/mol. The van der Waals surface area contributed by atoms with Crippen LogP contribution in [0.4, 0.5) is 8.78 Å². The molecule has 0 bridgehead atoms. The van der Waals surface area contributed by atoms with Crippen LogP contribution in [0.5, 0.6) is 0 Å². The molecule has 0 aliphatic carbocycles. The quantitative estimate of drug-likeness (QED) is 0.485. The summed E-state index contributed by atoms with van der Waals surface area (Å²) in [6.07, 6.45) is 0. The Morgan fingerprint density at radius 2 is 2.00 bits per heavy atom. The van der Waals surface area contributed by atoms with Crippen LogP contribution in [0.1, 0.15) is 0 Å². The maximum atomic E-state index is 11.8. The first kappa shape index (κ1) is 9.84. The Morgan fingerprint density at radius 3 is 2.10 bits per heavy atom. The van der Waals surface area contributed by atoms with Gasteiger partial charge in [-0.25, -0.2) is 4.79 Å². The van der Waals surface area contributed by atoms with Crippen LogP contribution in [0.3, 0.4) is 0 Å². The molecule has 0 aromatic heterocycles. The van der Waals surface area contributed by atoms with Crippen LogP contribution in [-0.2, 0) is 9.22 Å². The lowest BCUT2D eigenvalue weighted by molar-refractivity contribution is -0.151. The number of alkyl halides is 3. The zero-order valence-corrected chi connectivity index (χ0v) is 7.21. The van der Waals surface area contributed by atoms with Crippen molar-refractivity contribution in [1.29, 1.82) is 0 Å². The fourth-order valence-corrected chi connectivity index (χ4v) is 0.846. The molecule has 0 unspecified atom stereocenters. The zero-order chi connectivity index (χ0) is 8.36. The van der Waals surface area contributed by atoms with Gasteiger partial charge in [0.1, 0.15) is 0 Å². The van der Waals surface area contributed by atoms with Crippen LogP contribution in [0, 0.1) is 0 Å². The standard InChI is InChI=1S/C4H6ClF2O2Si/c1-10(2)9-3(8)4(5,6)7/h1-2H3. The van der Waals surface area contributed by atoms with E-state index in [9.17, 15) is 13.6 Å². The highest BCUT2D eigenvalue weighted by atomic mass is 35.5. The molecule has 0 saturated heterocycles. The van der Waals surface area contributed by atoms with Gasteiger partial charge < -0.3 is 4.43 Å². The summed E-state index contributed by atoms with van der Waals surface area (Å²) in [4.78, 5) is 10.2. The molecule has 0 fully saturated rings. The van der Waals surface area contributed by atoms with Gasteiger partial charge in [-0.1, -0.05) is 0 Å². The van der Waals surface area contributed by atoms with Crippen LogP contribution < -0.4 is 0 Å². The molecule has 2 nitrogen and oxygen atoms in total. The number of hydrogen-bond donors (Lipinski definition) is 0. The highest BCUT2D eigenvalue weighted by Gasteiger charge is 2.38. The van der Waals surface area contributed by atoms with Crippen molar-refractivity contribution >= 4 is 26.6 Å². The van der Waals surface area contributed by atoms with Gasteiger partial charge in [-0.3, -0.25) is 0 Å². The molecule has 0 aliphatic heterocycles. The summed E-state index contributed by atoms with van der Waals surface area (Å²) in [5, 5.41) is -3.87. The van der Waals surface area contributed by atoms with Gasteiger partial charge in [-0.05, 0) is 24.7 Å². The third-order valence-corrected chi connectivity index (χ3v) is 1.28. The molecule has 0 atom stereocenters. The Labute approximate surface area is 63.8 Å². The Morgan fingerprint density at radius 1 is 1.60 bits per heavy atom. The van der Waals surface area contributed by atoms with E-state index in [1.165, 1.54) is 0 Å². The highest BCUT2D eigenvalue weighted by molar-refractivity contribution is 6.51. The second-order valence-electron chi connectivity index (χ2n) is 1.80. The van der Waals surface area contributed by atoms with E-state index in [-0.39, 0.29) is 0 Å². The molecule has 10 heavy (non-hydrogen) atoms. The minimum atomic E-state index is -3.87. The average molecular weight is 188 g/mol. The lowest BCUT2D eigenvalue weighted by Crippen LogP contribution is -2.28. The molecule has 0 aromatic rings. The third kappa shape index (κ3) is 3.79. The van der Waals surface area contributed by atoms with Gasteiger partial charge in [-0.15, -0.1) is 0 Å². The number of rotatable bonds is 2. The van der Waals surface area contributed by atoms with Gasteiger partial charge in [0.05, 0.1) is 0 Å². The fourth-order valence-electron chi connectivity index (χ4n) is 0.243. The third-order valence-electron chi connectivity index (χ3n) is 0.528. The van der Waals surface area contributed by atoms with Crippen molar-refractivity contribution in [3.05, 3.63) is 0 Å². The Bertz CT molecular complexity index is 134. The number of carbonyl (C=O) groups excluding carboxylic acids is 1. The molecule has 0 aliphatic rings. The van der Waals surface area contributed by atoms with E-state index in [4.69, 9.17) is 0 Å². The van der Waals surface area contributed by atoms with Gasteiger partial charge in [0.2, 0.25) is 0 Å². The van der Waals surface area contributed by atoms with Crippen molar-refractivity contribution < 1.29 is 18.0 Å². The number of carbonyl (C=O) groups is 1. The van der Waals surface area contributed by atoms with Gasteiger partial charge >= 0.3 is 11.4 Å². The van der Waals surface area contributed by atoms with Crippen molar-refractivity contribution in [3.8, 4) is 0 Å². The van der Waals surface area contributed by atoms with E-state index in [2.05, 4.69) is 16.0 Å². The van der Waals surface area contributed by atoms with Crippen molar-refractivity contribution in [2.24, 2.45) is 0 Å². The van der Waals surface area contributed by atoms with Crippen LogP contribution in [0.25, 0.3) is 0 Å². The molecule has 0 N–H and O–H groups in total. The molecular formula is C4H6ClF2O2Si. The second kappa shape index (κ2) is 3.29. The summed E-state index contributed by atoms with van der Waals surface area (Å²) >= 11 is 4.34. The topological polar surface area (TPSA) is 26.3 Å². The van der Waals surface area contributed by atoms with Crippen LogP contribution >= 0.6 is 11.6 Å². The van der Waals surface area contributed by atoms with E-state index in [0.29, 0.717) is 0 Å². The summed E-state index contributed by atoms with van der Waals surface area (Å²) < 4.78 is 27.8. The molecule has 0 spiro atoms. The predicted octanol–water partition coefficient (Wildman–Crippen LogP) is 1.61. The fraction of sp³-hybridized carbons (Fsp3) is 0.750. The van der Waals surface area contributed by atoms with E-state index in [1.54, 1.807) is 13.1 Å². The van der Waals surface area contributed by atoms with E-state index in [1.807, 2.05) is 0 Å². The van der Waals surface area contributed by atoms with Gasteiger partial charge in [0.15, 0.2) is 0 Å². The molecule has 0 rings (SSSR count). The molecule has 1 radical (unpaired) electrons. The van der Waals surface area contributed by atoms with E-state index < -0.39 is 20.4 Å². The normalized spacial score (nSPS) is 11.8. The number of halogens is 3. The minimum Gasteiger partial charge on any atom is -0.513 e. The molecule has 0 aromatic carbocycles. The van der Waals surface area contributed by atoms with Crippen molar-refractivity contribution in [2.75, 3.05) is 0 Å². The van der Waals surface area contributed by atoms with Crippen LogP contribution in [0.2, 0.25) is 13.1 Å². The summed E-state index contributed by atoms with van der Waals surface area (Å²) in [5.41, 5.74) is 0. The van der Waals surface area contributed by atoms with Crippen molar-refractivity contribution in [1.82, 2.24) is 0 Å². The molecule has 0 heterocycles. The summed E-state index contributed by atoms with van der Waals surface area (Å²) in [6.45, 7) is 3.12. The Balaban J connectivity index is 3.87. The first-order valence-electron chi connectivity index (χ1n) is 2.43. The first-order valence-corrected chi connectivity index (χ1v) is 5.22. The smallest absolute Gasteiger partial charge is 0.416 e. The van der Waals surface area contributed by atoms with Crippen LogP contribution in [-0.4, -0.2) is 20.4 Å². The molecule has 59 valence electrons. The minimum absolute atomic E-state index is 1.43. The highest BCUT2D eigenvalue weighted by Crippen LogP contribution is 2.20. The Kier molecular flexibility index (Phi) is 3.24. The average Bonchev–Trinajstić information content (AvgIpc) is 1.60. The largest absolute Gasteiger partial charge is 0.513 e. The lowest BCUT2D eigenvalue weighted by atomic mass is 10.7. The predicted molar refractivity (Wildman–Crippen MR) is 34.4 cm³/mol. The summed E-state index contributed by atoms with van der Waals surface area (Å²) in [5.74, 6) is -1.66. The summed E-state index contributed by atoms with van der Waals surface area (Å²) in [6, 6.07) is 0. The van der Waals surface area contributed by atoms with Crippen molar-refractivity contribution in [3.63, 3.8) is 0 Å². The van der Waals surface area contributed by atoms with E-state index in [0.717, 1.165) is 0 Å². The van der Waals surface area contributed by atoms with E-state index >= 15 is 0 Å². The first-order chi connectivity index (χ1) is 4.34. The molecule has 0 amide bonds. The van der Waals surface area contributed by atoms with Gasteiger partial charge in [-0.2, -0.15) is 8.78 Å². The monoisotopic (exact) mass is 187 g/mol. The van der Waals surface area contributed by atoms with Gasteiger partial charge in [0.25, 0.3) is 9.04 Å². The molecule has 6 heteroatoms. The number of hydrogen-bond acceptors (Lipinski definition) is 2. The second-order valence-corrected chi connectivity index (χ2v) is 4.29. The maximum absolute atomic E-state index is 11.8. The van der Waals surface area contributed by atoms with Crippen molar-refractivity contribution in [2.45, 2.75) is 18.5 Å². The van der Waals surface area contributed by atoms with Crippen LogP contribution in [0.15, 0.2) is 0 Å².